The molecule has 2 heterocycles. The molecule has 3 rings (SSSR count). The largest absolute Gasteiger partial charge is 0.419 e. The van der Waals surface area contributed by atoms with Crippen LogP contribution in [0.25, 0.3) is 16.8 Å². The van der Waals surface area contributed by atoms with Crippen molar-refractivity contribution >= 4 is 40.5 Å². The van der Waals surface area contributed by atoms with E-state index in [0.29, 0.717) is 12.1 Å². The minimum atomic E-state index is -4.83. The topological polar surface area (TPSA) is 124 Å². The molecule has 3 aromatic rings. The van der Waals surface area contributed by atoms with Crippen LogP contribution in [0.2, 0.25) is 0 Å². The highest BCUT2D eigenvalue weighted by atomic mass is 32.1. The molecule has 0 aliphatic rings. The number of halogens is 4. The fraction of sp³-hybridized carbons (Fsp3) is 0.190. The van der Waals surface area contributed by atoms with Gasteiger partial charge in [0.25, 0.3) is 5.56 Å². The molecule has 9 nitrogen and oxygen atoms in total. The molecule has 184 valence electrons. The summed E-state index contributed by atoms with van der Waals surface area (Å²) >= 11 is 0.959. The van der Waals surface area contributed by atoms with Crippen LogP contribution in [0.5, 0.6) is 0 Å². The first-order chi connectivity index (χ1) is 16.3. The smallest absolute Gasteiger partial charge is 0.384 e. The number of rotatable bonds is 6. The fourth-order valence-corrected chi connectivity index (χ4v) is 3.91. The van der Waals surface area contributed by atoms with Gasteiger partial charge in [-0.25, -0.2) is 14.2 Å². The lowest BCUT2D eigenvalue weighted by Crippen LogP contribution is -2.40. The normalized spacial score (nSPS) is 12.0. The van der Waals surface area contributed by atoms with Crippen molar-refractivity contribution < 1.29 is 22.4 Å². The lowest BCUT2D eigenvalue weighted by Gasteiger charge is -2.13. The third kappa shape index (κ3) is 5.21. The van der Waals surface area contributed by atoms with Gasteiger partial charge in [0.1, 0.15) is 11.6 Å². The number of nitrogens with one attached hydrogen (secondary N) is 1. The lowest BCUT2D eigenvalue weighted by atomic mass is 10.1. The zero-order chi connectivity index (χ0) is 26.1. The summed E-state index contributed by atoms with van der Waals surface area (Å²) in [5, 5.41) is 4.01. The second kappa shape index (κ2) is 9.66. The Kier molecular flexibility index (Phi) is 7.05. The van der Waals surface area contributed by atoms with Crippen molar-refractivity contribution in [2.45, 2.75) is 12.6 Å². The maximum atomic E-state index is 13.9. The Hall–Kier alpha value is -4.07. The Bertz CT molecular complexity index is 1470. The van der Waals surface area contributed by atoms with Crippen molar-refractivity contribution in [1.29, 1.82) is 0 Å². The Labute approximate surface area is 198 Å². The molecule has 0 fully saturated rings. The maximum absolute atomic E-state index is 13.9. The molecule has 0 aliphatic carbocycles. The Morgan fingerprint density at radius 3 is 2.57 bits per heavy atom. The number of nitrogens with two attached hydrogens (primary N) is 1. The number of hydrogen-bond acceptors (Lipinski definition) is 7. The highest BCUT2D eigenvalue weighted by Gasteiger charge is 2.34. The van der Waals surface area contributed by atoms with Crippen LogP contribution in [0.1, 0.15) is 17.5 Å². The third-order valence-electron chi connectivity index (χ3n) is 4.95. The molecule has 1 aromatic carbocycles. The van der Waals surface area contributed by atoms with E-state index >= 15 is 0 Å². The first-order valence-corrected chi connectivity index (χ1v) is 10.6. The summed E-state index contributed by atoms with van der Waals surface area (Å²) in [5.74, 6) is -2.24. The molecule has 35 heavy (non-hydrogen) atoms. The zero-order valence-electron chi connectivity index (χ0n) is 18.3. The number of benzene rings is 1. The van der Waals surface area contributed by atoms with E-state index in [2.05, 4.69) is 22.0 Å². The highest BCUT2D eigenvalue weighted by molar-refractivity contribution is 7.14. The summed E-state index contributed by atoms with van der Waals surface area (Å²) in [6.07, 6.45) is -4.05. The van der Waals surface area contributed by atoms with Crippen LogP contribution in [-0.4, -0.2) is 26.7 Å². The van der Waals surface area contributed by atoms with Crippen LogP contribution >= 0.6 is 11.3 Å². The molecule has 3 N–H and O–H groups in total. The van der Waals surface area contributed by atoms with E-state index in [1.54, 1.807) is 0 Å². The van der Waals surface area contributed by atoms with E-state index in [1.165, 1.54) is 19.5 Å². The summed E-state index contributed by atoms with van der Waals surface area (Å²) in [7, 11) is 2.62. The van der Waals surface area contributed by atoms with Gasteiger partial charge in [0.15, 0.2) is 5.13 Å². The van der Waals surface area contributed by atoms with Gasteiger partial charge in [-0.3, -0.25) is 23.7 Å². The molecular weight excluding hydrogens is 492 g/mol. The minimum Gasteiger partial charge on any atom is -0.384 e. The number of thiazole rings is 1. The molecule has 0 bridgehead atoms. The van der Waals surface area contributed by atoms with Gasteiger partial charge in [-0.2, -0.15) is 13.2 Å². The van der Waals surface area contributed by atoms with Crippen LogP contribution in [-0.2, 0) is 25.1 Å². The first kappa shape index (κ1) is 25.6. The van der Waals surface area contributed by atoms with Gasteiger partial charge in [-0.05, 0) is 24.4 Å². The molecule has 0 spiro atoms. The van der Waals surface area contributed by atoms with E-state index in [0.717, 1.165) is 32.7 Å². The number of anilines is 2. The quantitative estimate of drug-likeness (QED) is 0.390. The maximum Gasteiger partial charge on any atom is 0.419 e. The van der Waals surface area contributed by atoms with E-state index in [1.807, 2.05) is 0 Å². The minimum absolute atomic E-state index is 0.0811. The number of aromatic nitrogens is 3. The van der Waals surface area contributed by atoms with Crippen molar-refractivity contribution in [2.75, 3.05) is 11.1 Å². The van der Waals surface area contributed by atoms with Crippen LogP contribution < -0.4 is 22.3 Å². The fourth-order valence-electron chi connectivity index (χ4n) is 3.18. The molecular formula is C21H18F4N6O3S. The second-order valence-corrected chi connectivity index (χ2v) is 8.12. The molecule has 2 aromatic heterocycles. The van der Waals surface area contributed by atoms with E-state index in [9.17, 15) is 31.9 Å². The number of hydrogen-bond donors (Lipinski definition) is 2. The van der Waals surface area contributed by atoms with Crippen molar-refractivity contribution in [3.05, 3.63) is 67.6 Å². The van der Waals surface area contributed by atoms with Crippen molar-refractivity contribution in [1.82, 2.24) is 14.1 Å². The SMILES string of the molecule is C=N/C=C(/CC(=O)Nc1nc(-c2ccc(C(F)(F)F)c(F)c2)cs1)c1c(N)n(C)c(=O)n(C)c1=O. The molecule has 0 saturated heterocycles. The first-order valence-electron chi connectivity index (χ1n) is 9.68. The van der Waals surface area contributed by atoms with Gasteiger partial charge in [-0.1, -0.05) is 6.07 Å². The van der Waals surface area contributed by atoms with Crippen molar-refractivity contribution in [3.8, 4) is 11.3 Å². The van der Waals surface area contributed by atoms with Gasteiger partial charge in [0.05, 0.1) is 23.2 Å². The highest BCUT2D eigenvalue weighted by Crippen LogP contribution is 2.34. The zero-order valence-corrected chi connectivity index (χ0v) is 19.1. The third-order valence-corrected chi connectivity index (χ3v) is 5.71. The van der Waals surface area contributed by atoms with Gasteiger partial charge in [0.2, 0.25) is 5.91 Å². The summed E-state index contributed by atoms with van der Waals surface area (Å²) in [6.45, 7) is 3.32. The van der Waals surface area contributed by atoms with E-state index in [-0.39, 0.29) is 39.8 Å². The van der Waals surface area contributed by atoms with Gasteiger partial charge < -0.3 is 11.1 Å². The number of aliphatic imine (C=N–C) groups is 1. The second-order valence-electron chi connectivity index (χ2n) is 7.26. The molecule has 0 aliphatic heterocycles. The molecule has 0 radical (unpaired) electrons. The summed E-state index contributed by atoms with van der Waals surface area (Å²) in [4.78, 5) is 45.0. The van der Waals surface area contributed by atoms with Crippen molar-refractivity contribution in [3.63, 3.8) is 0 Å². The average Bonchev–Trinajstić information content (AvgIpc) is 3.24. The molecule has 0 unspecified atom stereocenters. The Morgan fingerprint density at radius 2 is 1.97 bits per heavy atom. The van der Waals surface area contributed by atoms with Crippen LogP contribution in [0.15, 0.2) is 44.4 Å². The van der Waals surface area contributed by atoms with Gasteiger partial charge in [-0.15, -0.1) is 11.3 Å². The number of alkyl halides is 3. The summed E-state index contributed by atoms with van der Waals surface area (Å²) in [6, 6.07) is 2.39. The average molecular weight is 510 g/mol. The van der Waals surface area contributed by atoms with Crippen molar-refractivity contribution in [2.24, 2.45) is 19.1 Å². The van der Waals surface area contributed by atoms with Crippen LogP contribution in [0.4, 0.5) is 28.5 Å². The van der Waals surface area contributed by atoms with Gasteiger partial charge >= 0.3 is 11.9 Å². The number of carbonyl (C=O) groups is 1. The number of nitrogens with zero attached hydrogens (tertiary/aromatic N) is 4. The molecule has 1 amide bonds. The Morgan fingerprint density at radius 1 is 1.29 bits per heavy atom. The number of amides is 1. The monoisotopic (exact) mass is 510 g/mol. The molecule has 0 atom stereocenters. The molecule has 0 saturated carbocycles. The predicted octanol–water partition coefficient (Wildman–Crippen LogP) is 3.02. The summed E-state index contributed by atoms with van der Waals surface area (Å²) in [5.41, 5.74) is 3.39. The lowest BCUT2D eigenvalue weighted by molar-refractivity contribution is -0.140. The molecule has 14 heteroatoms. The number of carbonyl (C=O) groups excluding carboxylic acids is 1. The van der Waals surface area contributed by atoms with E-state index < -0.39 is 34.7 Å². The van der Waals surface area contributed by atoms with Gasteiger partial charge in [0, 0.05) is 31.2 Å². The standard InChI is InChI=1S/C21H18F4N6O3S/c1-27-8-11(16-17(26)30(2)20(34)31(3)18(16)33)7-15(32)29-19-28-14(9-35-19)10-4-5-12(13(22)6-10)21(23,24)25/h4-6,8-9H,1,7,26H2,2-3H3,(H,28,29,32)/b11-8-. The Balaban J connectivity index is 1.84. The number of nitrogen functional groups attached to an aromatic ring is 1. The predicted molar refractivity (Wildman–Crippen MR) is 125 cm³/mol. The van der Waals surface area contributed by atoms with Crippen LogP contribution in [0, 0.1) is 5.82 Å². The van der Waals surface area contributed by atoms with Crippen LogP contribution in [0.3, 0.4) is 0 Å². The van der Waals surface area contributed by atoms with E-state index in [4.69, 9.17) is 5.73 Å². The summed E-state index contributed by atoms with van der Waals surface area (Å²) < 4.78 is 54.0.